The standard InChI is InChI=1S/C26H41N3O6/c1-6-19(25(33)27-15-16(2)3)13-22(30)20(12-18-10-8-7-9-11-18)28-23(31)14-21(26(34)35)29-24(32)17(4)5/h7-11,16-17,19-22,30H,6,12-15H2,1-5H3,(H,27,33)(H,28,31)(H,29,32)(H,34,35)/t19-,20+,21+,22+/m1/s1. The van der Waals surface area contributed by atoms with Gasteiger partial charge in [0.05, 0.1) is 18.6 Å². The van der Waals surface area contributed by atoms with Crippen LogP contribution in [0.4, 0.5) is 0 Å². The van der Waals surface area contributed by atoms with Crippen LogP contribution in [-0.2, 0) is 25.6 Å². The fraction of sp³-hybridized carbons (Fsp3) is 0.615. The number of carbonyl (C=O) groups is 4. The van der Waals surface area contributed by atoms with Crippen LogP contribution in [0.5, 0.6) is 0 Å². The second-order valence-electron chi connectivity index (χ2n) is 9.67. The summed E-state index contributed by atoms with van der Waals surface area (Å²) in [6.07, 6.45) is -0.548. The van der Waals surface area contributed by atoms with Crippen molar-refractivity contribution in [3.05, 3.63) is 35.9 Å². The summed E-state index contributed by atoms with van der Waals surface area (Å²) in [5, 5.41) is 28.5. The number of benzene rings is 1. The Balaban J connectivity index is 2.96. The molecule has 9 heteroatoms. The zero-order valence-corrected chi connectivity index (χ0v) is 21.4. The number of carboxylic acids is 1. The van der Waals surface area contributed by atoms with E-state index < -0.39 is 54.2 Å². The minimum absolute atomic E-state index is 0.144. The number of carbonyl (C=O) groups excluding carboxylic acids is 3. The van der Waals surface area contributed by atoms with Crippen LogP contribution >= 0.6 is 0 Å². The van der Waals surface area contributed by atoms with Crippen LogP contribution in [0.25, 0.3) is 0 Å². The van der Waals surface area contributed by atoms with Gasteiger partial charge in [-0.05, 0) is 30.7 Å². The smallest absolute Gasteiger partial charge is 0.326 e. The normalized spacial score (nSPS) is 14.6. The van der Waals surface area contributed by atoms with E-state index >= 15 is 0 Å². The largest absolute Gasteiger partial charge is 0.480 e. The van der Waals surface area contributed by atoms with Crippen LogP contribution in [0.2, 0.25) is 0 Å². The predicted molar refractivity (Wildman–Crippen MR) is 133 cm³/mol. The quantitative estimate of drug-likeness (QED) is 0.253. The molecule has 0 saturated carbocycles. The molecular formula is C26H41N3O6. The third-order valence-corrected chi connectivity index (χ3v) is 5.71. The Hall–Kier alpha value is -2.94. The number of aliphatic hydroxyl groups excluding tert-OH is 1. The molecule has 0 heterocycles. The van der Waals surface area contributed by atoms with Gasteiger partial charge in [-0.15, -0.1) is 0 Å². The first-order valence-corrected chi connectivity index (χ1v) is 12.3. The highest BCUT2D eigenvalue weighted by Gasteiger charge is 2.30. The van der Waals surface area contributed by atoms with Crippen molar-refractivity contribution in [2.75, 3.05) is 6.54 Å². The van der Waals surface area contributed by atoms with E-state index in [-0.39, 0.29) is 12.3 Å². The van der Waals surface area contributed by atoms with Gasteiger partial charge in [0.2, 0.25) is 17.7 Å². The molecule has 5 N–H and O–H groups in total. The molecule has 0 radical (unpaired) electrons. The number of aliphatic carboxylic acids is 1. The van der Waals surface area contributed by atoms with Gasteiger partial charge in [-0.25, -0.2) is 4.79 Å². The Morgan fingerprint density at radius 2 is 1.57 bits per heavy atom. The SMILES string of the molecule is CC[C@H](C[C@H](O)[C@H](Cc1ccccc1)NC(=O)C[C@H](NC(=O)C(C)C)C(=O)O)C(=O)NCC(C)C. The summed E-state index contributed by atoms with van der Waals surface area (Å²) in [5.74, 6) is -3.11. The van der Waals surface area contributed by atoms with Crippen LogP contribution in [0.15, 0.2) is 30.3 Å². The van der Waals surface area contributed by atoms with Crippen molar-refractivity contribution in [3.63, 3.8) is 0 Å². The molecule has 9 nitrogen and oxygen atoms in total. The van der Waals surface area contributed by atoms with Crippen LogP contribution in [0.1, 0.15) is 59.4 Å². The van der Waals surface area contributed by atoms with Gasteiger partial charge in [0.15, 0.2) is 0 Å². The van der Waals surface area contributed by atoms with E-state index in [2.05, 4.69) is 16.0 Å². The van der Waals surface area contributed by atoms with Crippen molar-refractivity contribution in [2.45, 2.75) is 78.5 Å². The average Bonchev–Trinajstić information content (AvgIpc) is 2.80. The van der Waals surface area contributed by atoms with Gasteiger partial charge in [-0.1, -0.05) is 65.0 Å². The first-order valence-electron chi connectivity index (χ1n) is 12.3. The summed E-state index contributed by atoms with van der Waals surface area (Å²) >= 11 is 0. The number of amides is 3. The van der Waals surface area contributed by atoms with Crippen molar-refractivity contribution < 1.29 is 29.4 Å². The third kappa shape index (κ3) is 11.4. The maximum absolute atomic E-state index is 12.8. The molecule has 0 spiro atoms. The minimum Gasteiger partial charge on any atom is -0.480 e. The van der Waals surface area contributed by atoms with Crippen molar-refractivity contribution >= 4 is 23.7 Å². The van der Waals surface area contributed by atoms with Gasteiger partial charge in [0, 0.05) is 18.4 Å². The first-order chi connectivity index (χ1) is 16.4. The number of carboxylic acid groups (broad SMARTS) is 1. The van der Waals surface area contributed by atoms with Gasteiger partial charge in [0.1, 0.15) is 6.04 Å². The molecule has 0 aliphatic heterocycles. The molecule has 35 heavy (non-hydrogen) atoms. The maximum Gasteiger partial charge on any atom is 0.326 e. The Morgan fingerprint density at radius 3 is 2.09 bits per heavy atom. The molecule has 0 fully saturated rings. The highest BCUT2D eigenvalue weighted by atomic mass is 16.4. The van der Waals surface area contributed by atoms with E-state index in [0.717, 1.165) is 5.56 Å². The Labute approximate surface area is 208 Å². The Kier molecular flexibility index (Phi) is 13.0. The lowest BCUT2D eigenvalue weighted by Crippen LogP contribution is -2.50. The first kappa shape index (κ1) is 30.1. The third-order valence-electron chi connectivity index (χ3n) is 5.71. The highest BCUT2D eigenvalue weighted by Crippen LogP contribution is 2.17. The monoisotopic (exact) mass is 491 g/mol. The van der Waals surface area contributed by atoms with Gasteiger partial charge in [-0.3, -0.25) is 14.4 Å². The lowest BCUT2D eigenvalue weighted by Gasteiger charge is -2.28. The van der Waals surface area contributed by atoms with Crippen molar-refractivity contribution in [1.29, 1.82) is 0 Å². The molecule has 196 valence electrons. The van der Waals surface area contributed by atoms with Crippen molar-refractivity contribution in [2.24, 2.45) is 17.8 Å². The van der Waals surface area contributed by atoms with Crippen LogP contribution in [-0.4, -0.2) is 58.6 Å². The minimum atomic E-state index is -1.38. The predicted octanol–water partition coefficient (Wildman–Crippen LogP) is 1.88. The number of hydrogen-bond donors (Lipinski definition) is 5. The molecule has 0 aliphatic rings. The molecule has 0 bridgehead atoms. The summed E-state index contributed by atoms with van der Waals surface area (Å²) in [5.41, 5.74) is 0.872. The number of aliphatic hydroxyl groups is 1. The van der Waals surface area contributed by atoms with Gasteiger partial charge < -0.3 is 26.2 Å². The zero-order chi connectivity index (χ0) is 26.5. The molecule has 0 unspecified atom stereocenters. The fourth-order valence-electron chi connectivity index (χ4n) is 3.50. The second kappa shape index (κ2) is 15.1. The lowest BCUT2D eigenvalue weighted by molar-refractivity contribution is -0.144. The lowest BCUT2D eigenvalue weighted by atomic mass is 9.91. The van der Waals surface area contributed by atoms with E-state index in [9.17, 15) is 29.4 Å². The zero-order valence-electron chi connectivity index (χ0n) is 21.4. The van der Waals surface area contributed by atoms with E-state index in [4.69, 9.17) is 0 Å². The highest BCUT2D eigenvalue weighted by molar-refractivity contribution is 5.89. The van der Waals surface area contributed by atoms with Crippen molar-refractivity contribution in [1.82, 2.24) is 16.0 Å². The number of hydrogen-bond acceptors (Lipinski definition) is 5. The van der Waals surface area contributed by atoms with E-state index in [1.165, 1.54) is 0 Å². The fourth-order valence-corrected chi connectivity index (χ4v) is 3.50. The van der Waals surface area contributed by atoms with Crippen LogP contribution < -0.4 is 16.0 Å². The number of rotatable bonds is 15. The molecular weight excluding hydrogens is 450 g/mol. The van der Waals surface area contributed by atoms with E-state index in [1.54, 1.807) is 13.8 Å². The molecule has 0 saturated heterocycles. The Morgan fingerprint density at radius 1 is 0.943 bits per heavy atom. The van der Waals surface area contributed by atoms with Gasteiger partial charge in [-0.2, -0.15) is 0 Å². The molecule has 1 rings (SSSR count). The topological polar surface area (TPSA) is 145 Å². The van der Waals surface area contributed by atoms with Crippen LogP contribution in [0, 0.1) is 17.8 Å². The van der Waals surface area contributed by atoms with Crippen molar-refractivity contribution in [3.8, 4) is 0 Å². The summed E-state index contributed by atoms with van der Waals surface area (Å²) in [7, 11) is 0. The molecule has 1 aromatic carbocycles. The molecule has 3 amide bonds. The summed E-state index contributed by atoms with van der Waals surface area (Å²) in [4.78, 5) is 48.9. The molecule has 0 aliphatic carbocycles. The summed E-state index contributed by atoms with van der Waals surface area (Å²) in [6.45, 7) is 9.65. The summed E-state index contributed by atoms with van der Waals surface area (Å²) in [6, 6.07) is 7.14. The van der Waals surface area contributed by atoms with Crippen LogP contribution in [0.3, 0.4) is 0 Å². The second-order valence-corrected chi connectivity index (χ2v) is 9.67. The van der Waals surface area contributed by atoms with Gasteiger partial charge in [0.25, 0.3) is 0 Å². The van der Waals surface area contributed by atoms with E-state index in [0.29, 0.717) is 25.3 Å². The Bertz CT molecular complexity index is 828. The molecule has 1 aromatic rings. The number of nitrogens with one attached hydrogen (secondary N) is 3. The van der Waals surface area contributed by atoms with Gasteiger partial charge >= 0.3 is 5.97 Å². The molecule has 0 aromatic heterocycles. The average molecular weight is 492 g/mol. The van der Waals surface area contributed by atoms with E-state index in [1.807, 2.05) is 51.1 Å². The maximum atomic E-state index is 12.8. The molecule has 4 atom stereocenters. The summed E-state index contributed by atoms with van der Waals surface area (Å²) < 4.78 is 0.